The molecule has 88 valence electrons. The van der Waals surface area contributed by atoms with E-state index in [1.165, 1.54) is 0 Å². The van der Waals surface area contributed by atoms with Gasteiger partial charge >= 0.3 is 11.9 Å². The number of carbonyl (C=O) groups excluding carboxylic acids is 1. The second kappa shape index (κ2) is 4.28. The molecular weight excluding hydrogens is 208 g/mol. The Morgan fingerprint density at radius 1 is 1.25 bits per heavy atom. The molecule has 4 heteroatoms. The van der Waals surface area contributed by atoms with E-state index in [1.54, 1.807) is 6.92 Å². The normalized spacial score (nSPS) is 36.1. The van der Waals surface area contributed by atoms with Crippen LogP contribution < -0.4 is 0 Å². The van der Waals surface area contributed by atoms with E-state index in [-0.39, 0.29) is 17.8 Å². The number of esters is 1. The summed E-state index contributed by atoms with van der Waals surface area (Å²) in [6, 6.07) is 0. The van der Waals surface area contributed by atoms with E-state index in [2.05, 4.69) is 0 Å². The van der Waals surface area contributed by atoms with Gasteiger partial charge in [-0.2, -0.15) is 0 Å². The lowest BCUT2D eigenvalue weighted by molar-refractivity contribution is -0.163. The minimum absolute atomic E-state index is 0.00286. The summed E-state index contributed by atoms with van der Waals surface area (Å²) in [5.41, 5.74) is 0. The first-order chi connectivity index (χ1) is 7.65. The van der Waals surface area contributed by atoms with Gasteiger partial charge < -0.3 is 9.84 Å². The lowest BCUT2D eigenvalue weighted by atomic mass is 9.62. The number of carboxylic acid groups (broad SMARTS) is 1. The Balaban J connectivity index is 2.24. The van der Waals surface area contributed by atoms with Gasteiger partial charge in [0.2, 0.25) is 0 Å². The zero-order chi connectivity index (χ0) is 11.7. The monoisotopic (exact) mass is 224 g/mol. The van der Waals surface area contributed by atoms with Crippen molar-refractivity contribution in [3.8, 4) is 0 Å². The van der Waals surface area contributed by atoms with Gasteiger partial charge in [-0.15, -0.1) is 0 Å². The van der Waals surface area contributed by atoms with Gasteiger partial charge in [-0.05, 0) is 31.6 Å². The van der Waals surface area contributed by atoms with E-state index >= 15 is 0 Å². The van der Waals surface area contributed by atoms with Crippen LogP contribution in [0.4, 0.5) is 0 Å². The van der Waals surface area contributed by atoms with Crippen LogP contribution in [-0.4, -0.2) is 23.7 Å². The smallest absolute Gasteiger partial charge is 0.310 e. The molecule has 1 fully saturated rings. The first-order valence-corrected chi connectivity index (χ1v) is 5.73. The predicted octanol–water partition coefficient (Wildman–Crippen LogP) is 1.46. The van der Waals surface area contributed by atoms with E-state index in [0.29, 0.717) is 6.61 Å². The Hall–Kier alpha value is -1.32. The van der Waals surface area contributed by atoms with Crippen molar-refractivity contribution in [3.63, 3.8) is 0 Å². The van der Waals surface area contributed by atoms with Gasteiger partial charge in [0.25, 0.3) is 0 Å². The van der Waals surface area contributed by atoms with Crippen LogP contribution >= 0.6 is 0 Å². The number of fused-ring (bicyclic) bond motifs is 2. The highest BCUT2D eigenvalue weighted by Crippen LogP contribution is 2.45. The van der Waals surface area contributed by atoms with Crippen molar-refractivity contribution in [1.29, 1.82) is 0 Å². The zero-order valence-corrected chi connectivity index (χ0v) is 9.26. The molecule has 4 nitrogen and oxygen atoms in total. The molecule has 0 aromatic heterocycles. The highest BCUT2D eigenvalue weighted by molar-refractivity contribution is 5.82. The van der Waals surface area contributed by atoms with Crippen LogP contribution in [0.1, 0.15) is 19.8 Å². The maximum absolute atomic E-state index is 11.8. The number of aliphatic carboxylic acids is 1. The van der Waals surface area contributed by atoms with E-state index in [0.717, 1.165) is 12.8 Å². The van der Waals surface area contributed by atoms with Crippen molar-refractivity contribution in [2.45, 2.75) is 19.8 Å². The molecule has 0 aliphatic heterocycles. The number of hydrogen-bond donors (Lipinski definition) is 1. The second-order valence-corrected chi connectivity index (χ2v) is 4.43. The summed E-state index contributed by atoms with van der Waals surface area (Å²) in [6.07, 6.45) is 5.69. The maximum atomic E-state index is 11.8. The molecule has 0 saturated heterocycles. The van der Waals surface area contributed by atoms with Crippen LogP contribution in [0.3, 0.4) is 0 Å². The van der Waals surface area contributed by atoms with Gasteiger partial charge in [0.1, 0.15) is 0 Å². The highest BCUT2D eigenvalue weighted by atomic mass is 16.5. The van der Waals surface area contributed by atoms with E-state index in [1.807, 2.05) is 12.2 Å². The molecule has 1 unspecified atom stereocenters. The van der Waals surface area contributed by atoms with Gasteiger partial charge in [-0.25, -0.2) is 0 Å². The summed E-state index contributed by atoms with van der Waals surface area (Å²) in [7, 11) is 0. The molecule has 2 bridgehead atoms. The molecular formula is C12H16O4. The van der Waals surface area contributed by atoms with Crippen molar-refractivity contribution >= 4 is 11.9 Å². The third-order valence-corrected chi connectivity index (χ3v) is 3.59. The van der Waals surface area contributed by atoms with Gasteiger partial charge in [0, 0.05) is 0 Å². The lowest BCUT2D eigenvalue weighted by Crippen LogP contribution is -2.45. The summed E-state index contributed by atoms with van der Waals surface area (Å²) in [5.74, 6) is -2.27. The Bertz CT molecular complexity index is 334. The van der Waals surface area contributed by atoms with Gasteiger partial charge in [0.05, 0.1) is 18.4 Å². The number of hydrogen-bond acceptors (Lipinski definition) is 3. The largest absolute Gasteiger partial charge is 0.481 e. The van der Waals surface area contributed by atoms with Crippen molar-refractivity contribution in [3.05, 3.63) is 12.2 Å². The van der Waals surface area contributed by atoms with Gasteiger partial charge in [0.15, 0.2) is 0 Å². The molecule has 16 heavy (non-hydrogen) atoms. The molecule has 3 aliphatic rings. The summed E-state index contributed by atoms with van der Waals surface area (Å²) in [5, 5.41) is 9.21. The maximum Gasteiger partial charge on any atom is 0.310 e. The second-order valence-electron chi connectivity index (χ2n) is 4.43. The van der Waals surface area contributed by atoms with Crippen LogP contribution in [-0.2, 0) is 14.3 Å². The molecule has 0 radical (unpaired) electrons. The number of allylic oxidation sites excluding steroid dienone is 2. The zero-order valence-electron chi connectivity index (χ0n) is 9.26. The van der Waals surface area contributed by atoms with Crippen molar-refractivity contribution in [1.82, 2.24) is 0 Å². The summed E-state index contributed by atoms with van der Waals surface area (Å²) < 4.78 is 4.98. The Morgan fingerprint density at radius 2 is 1.81 bits per heavy atom. The molecule has 0 aromatic carbocycles. The number of carbonyl (C=O) groups is 2. The minimum atomic E-state index is -0.878. The van der Waals surface area contributed by atoms with E-state index in [9.17, 15) is 14.7 Å². The standard InChI is InChI=1S/C12H16O4/c1-2-16-12(15)10-8-5-3-7(4-6-8)9(10)11(13)14/h3,5,7-10H,2,4,6H2,1H3,(H,13,14)/t7-,8+,9?,10-/m0/s1. The van der Waals surface area contributed by atoms with Gasteiger partial charge in [-0.1, -0.05) is 12.2 Å². The molecule has 0 heterocycles. The fraction of sp³-hybridized carbons (Fsp3) is 0.667. The Kier molecular flexibility index (Phi) is 2.99. The highest BCUT2D eigenvalue weighted by Gasteiger charge is 2.48. The Morgan fingerprint density at radius 3 is 2.25 bits per heavy atom. The van der Waals surface area contributed by atoms with Crippen LogP contribution in [0.2, 0.25) is 0 Å². The fourth-order valence-electron chi connectivity index (χ4n) is 2.89. The molecule has 3 rings (SSSR count). The molecule has 1 saturated carbocycles. The first-order valence-electron chi connectivity index (χ1n) is 5.73. The van der Waals surface area contributed by atoms with Crippen LogP contribution in [0, 0.1) is 23.7 Å². The van der Waals surface area contributed by atoms with Crippen LogP contribution in [0.5, 0.6) is 0 Å². The topological polar surface area (TPSA) is 63.6 Å². The summed E-state index contributed by atoms with van der Waals surface area (Å²) >= 11 is 0. The molecule has 0 spiro atoms. The van der Waals surface area contributed by atoms with E-state index < -0.39 is 17.8 Å². The van der Waals surface area contributed by atoms with Crippen LogP contribution in [0.25, 0.3) is 0 Å². The molecule has 1 N–H and O–H groups in total. The van der Waals surface area contributed by atoms with E-state index in [4.69, 9.17) is 4.74 Å². The Labute approximate surface area is 94.3 Å². The molecule has 4 atom stereocenters. The minimum Gasteiger partial charge on any atom is -0.481 e. The third-order valence-electron chi connectivity index (χ3n) is 3.59. The average Bonchev–Trinajstić information content (AvgIpc) is 2.29. The first kappa shape index (κ1) is 11.2. The predicted molar refractivity (Wildman–Crippen MR) is 56.6 cm³/mol. The molecule has 0 aromatic rings. The van der Waals surface area contributed by atoms with Crippen molar-refractivity contribution in [2.75, 3.05) is 6.61 Å². The summed E-state index contributed by atoms with van der Waals surface area (Å²) in [4.78, 5) is 23.0. The van der Waals surface area contributed by atoms with Crippen molar-refractivity contribution in [2.24, 2.45) is 23.7 Å². The average molecular weight is 224 g/mol. The number of carboxylic acids is 1. The SMILES string of the molecule is CCOC(=O)[C@@H]1C(C(=O)O)[C@H]2C=C[C@@H]1CC2. The van der Waals surface area contributed by atoms with Gasteiger partial charge in [-0.3, -0.25) is 9.59 Å². The van der Waals surface area contributed by atoms with Crippen molar-refractivity contribution < 1.29 is 19.4 Å². The summed E-state index contributed by atoms with van der Waals surface area (Å²) in [6.45, 7) is 2.05. The fourth-order valence-corrected chi connectivity index (χ4v) is 2.89. The van der Waals surface area contributed by atoms with Crippen LogP contribution in [0.15, 0.2) is 12.2 Å². The number of ether oxygens (including phenoxy) is 1. The third kappa shape index (κ3) is 1.72. The lowest BCUT2D eigenvalue weighted by Gasteiger charge is -2.41. The quantitative estimate of drug-likeness (QED) is 0.582. The molecule has 3 aliphatic carbocycles. The molecule has 0 amide bonds. The number of rotatable bonds is 3.